The SMILES string of the molecule is COc1ccc([C@@H](C)NC(=O)c2ccccc2SC)cc1. The molecule has 0 spiro atoms. The van der Waals surface area contributed by atoms with Gasteiger partial charge in [-0.3, -0.25) is 4.79 Å². The van der Waals surface area contributed by atoms with Crippen molar-refractivity contribution < 1.29 is 9.53 Å². The highest BCUT2D eigenvalue weighted by atomic mass is 32.2. The molecule has 110 valence electrons. The summed E-state index contributed by atoms with van der Waals surface area (Å²) < 4.78 is 5.14. The van der Waals surface area contributed by atoms with Crippen molar-refractivity contribution in [1.29, 1.82) is 0 Å². The molecule has 2 aromatic rings. The Kier molecular flexibility index (Phi) is 5.28. The van der Waals surface area contributed by atoms with Crippen molar-refractivity contribution in [1.82, 2.24) is 5.32 Å². The van der Waals surface area contributed by atoms with Crippen LogP contribution in [0.1, 0.15) is 28.9 Å². The minimum Gasteiger partial charge on any atom is -0.497 e. The zero-order valence-electron chi connectivity index (χ0n) is 12.4. The summed E-state index contributed by atoms with van der Waals surface area (Å²) in [7, 11) is 1.64. The first kappa shape index (κ1) is 15.4. The summed E-state index contributed by atoms with van der Waals surface area (Å²) >= 11 is 1.57. The fraction of sp³-hybridized carbons (Fsp3) is 0.235. The van der Waals surface area contributed by atoms with Crippen molar-refractivity contribution in [3.05, 3.63) is 59.7 Å². The first-order valence-electron chi connectivity index (χ1n) is 6.73. The third-order valence-electron chi connectivity index (χ3n) is 3.32. The number of benzene rings is 2. The van der Waals surface area contributed by atoms with Crippen LogP contribution in [0.3, 0.4) is 0 Å². The number of thioether (sulfide) groups is 1. The van der Waals surface area contributed by atoms with Gasteiger partial charge < -0.3 is 10.1 Å². The fourth-order valence-electron chi connectivity index (χ4n) is 2.08. The number of rotatable bonds is 5. The fourth-order valence-corrected chi connectivity index (χ4v) is 2.68. The van der Waals surface area contributed by atoms with Crippen molar-refractivity contribution in [2.45, 2.75) is 17.9 Å². The van der Waals surface area contributed by atoms with Crippen molar-refractivity contribution in [3.8, 4) is 5.75 Å². The van der Waals surface area contributed by atoms with E-state index >= 15 is 0 Å². The van der Waals surface area contributed by atoms with Gasteiger partial charge in [0.1, 0.15) is 5.75 Å². The van der Waals surface area contributed by atoms with Crippen LogP contribution in [-0.2, 0) is 0 Å². The smallest absolute Gasteiger partial charge is 0.252 e. The van der Waals surface area contributed by atoms with Gasteiger partial charge in [0, 0.05) is 4.90 Å². The molecule has 0 aliphatic rings. The largest absolute Gasteiger partial charge is 0.497 e. The van der Waals surface area contributed by atoms with Crippen LogP contribution in [0.15, 0.2) is 53.4 Å². The molecule has 0 fully saturated rings. The summed E-state index contributed by atoms with van der Waals surface area (Å²) in [5.41, 5.74) is 1.76. The van der Waals surface area contributed by atoms with Crippen molar-refractivity contribution in [2.24, 2.45) is 0 Å². The number of methoxy groups -OCH3 is 1. The summed E-state index contributed by atoms with van der Waals surface area (Å²) in [6, 6.07) is 15.3. The number of carbonyl (C=O) groups is 1. The van der Waals surface area contributed by atoms with E-state index in [1.165, 1.54) is 0 Å². The molecule has 2 aromatic carbocycles. The van der Waals surface area contributed by atoms with Crippen LogP contribution in [0.2, 0.25) is 0 Å². The van der Waals surface area contributed by atoms with E-state index in [0.717, 1.165) is 16.2 Å². The van der Waals surface area contributed by atoms with E-state index in [4.69, 9.17) is 4.74 Å². The van der Waals surface area contributed by atoms with Crippen LogP contribution < -0.4 is 10.1 Å². The lowest BCUT2D eigenvalue weighted by Gasteiger charge is -2.16. The van der Waals surface area contributed by atoms with Gasteiger partial charge in [0.2, 0.25) is 0 Å². The van der Waals surface area contributed by atoms with Gasteiger partial charge in [-0.2, -0.15) is 0 Å². The first-order chi connectivity index (χ1) is 10.2. The molecular formula is C17H19NO2S. The number of amides is 1. The molecule has 2 rings (SSSR count). The quantitative estimate of drug-likeness (QED) is 0.851. The monoisotopic (exact) mass is 301 g/mol. The maximum Gasteiger partial charge on any atom is 0.252 e. The van der Waals surface area contributed by atoms with Crippen molar-refractivity contribution >= 4 is 17.7 Å². The highest BCUT2D eigenvalue weighted by molar-refractivity contribution is 7.98. The highest BCUT2D eigenvalue weighted by Gasteiger charge is 2.14. The minimum atomic E-state index is -0.0571. The van der Waals surface area contributed by atoms with E-state index in [0.29, 0.717) is 5.56 Å². The summed E-state index contributed by atoms with van der Waals surface area (Å²) in [5.74, 6) is 0.758. The van der Waals surface area contributed by atoms with E-state index in [1.54, 1.807) is 18.9 Å². The van der Waals surface area contributed by atoms with Crippen molar-refractivity contribution in [3.63, 3.8) is 0 Å². The lowest BCUT2D eigenvalue weighted by Crippen LogP contribution is -2.27. The molecular weight excluding hydrogens is 282 g/mol. The van der Waals surface area contributed by atoms with Crippen LogP contribution in [0.5, 0.6) is 5.75 Å². The molecule has 0 aliphatic carbocycles. The van der Waals surface area contributed by atoms with Gasteiger partial charge >= 0.3 is 0 Å². The topological polar surface area (TPSA) is 38.3 Å². The molecule has 3 nitrogen and oxygen atoms in total. The standard InChI is InChI=1S/C17H19NO2S/c1-12(13-8-10-14(20-2)11-9-13)18-17(19)15-6-4-5-7-16(15)21-3/h4-12H,1-3H3,(H,18,19)/t12-/m1/s1. The summed E-state index contributed by atoms with van der Waals surface area (Å²) in [5, 5.41) is 3.03. The Morgan fingerprint density at radius 3 is 2.43 bits per heavy atom. The molecule has 1 atom stereocenters. The zero-order chi connectivity index (χ0) is 15.2. The zero-order valence-corrected chi connectivity index (χ0v) is 13.2. The second kappa shape index (κ2) is 7.18. The molecule has 0 heterocycles. The van der Waals surface area contributed by atoms with Gasteiger partial charge in [-0.25, -0.2) is 0 Å². The second-order valence-corrected chi connectivity index (χ2v) is 5.52. The third-order valence-corrected chi connectivity index (χ3v) is 4.11. The Bertz CT molecular complexity index is 610. The number of ether oxygens (including phenoxy) is 1. The molecule has 4 heteroatoms. The maximum absolute atomic E-state index is 12.4. The van der Waals surface area contributed by atoms with Gasteiger partial charge in [-0.15, -0.1) is 11.8 Å². The molecule has 0 aliphatic heterocycles. The van der Waals surface area contributed by atoms with Crippen molar-refractivity contribution in [2.75, 3.05) is 13.4 Å². The van der Waals surface area contributed by atoms with E-state index in [9.17, 15) is 4.79 Å². The van der Waals surface area contributed by atoms with Crippen LogP contribution in [0.4, 0.5) is 0 Å². The van der Waals surface area contributed by atoms with E-state index in [-0.39, 0.29) is 11.9 Å². The van der Waals surface area contributed by atoms with Gasteiger partial charge in [0.15, 0.2) is 0 Å². The number of carbonyl (C=O) groups excluding carboxylic acids is 1. The Morgan fingerprint density at radius 2 is 1.81 bits per heavy atom. The van der Waals surface area contributed by atoms with Gasteiger partial charge in [-0.05, 0) is 43.0 Å². The number of hydrogen-bond donors (Lipinski definition) is 1. The summed E-state index contributed by atoms with van der Waals surface area (Å²) in [4.78, 5) is 13.4. The Morgan fingerprint density at radius 1 is 1.14 bits per heavy atom. The first-order valence-corrected chi connectivity index (χ1v) is 7.96. The van der Waals surface area contributed by atoms with E-state index in [2.05, 4.69) is 5.32 Å². The van der Waals surface area contributed by atoms with E-state index < -0.39 is 0 Å². The maximum atomic E-state index is 12.4. The minimum absolute atomic E-state index is 0.0525. The molecule has 0 unspecified atom stereocenters. The van der Waals surface area contributed by atoms with E-state index in [1.807, 2.05) is 61.7 Å². The number of nitrogens with one attached hydrogen (secondary N) is 1. The van der Waals surface area contributed by atoms with Crippen LogP contribution >= 0.6 is 11.8 Å². The average Bonchev–Trinajstić information content (AvgIpc) is 2.54. The highest BCUT2D eigenvalue weighted by Crippen LogP contribution is 2.22. The normalized spacial score (nSPS) is 11.8. The second-order valence-electron chi connectivity index (χ2n) is 4.67. The molecule has 1 amide bonds. The van der Waals surface area contributed by atoms with Crippen LogP contribution in [0.25, 0.3) is 0 Å². The molecule has 21 heavy (non-hydrogen) atoms. The van der Waals surface area contributed by atoms with Crippen LogP contribution in [0, 0.1) is 0 Å². The Labute approximate surface area is 129 Å². The summed E-state index contributed by atoms with van der Waals surface area (Å²) in [6.45, 7) is 1.97. The average molecular weight is 301 g/mol. The molecule has 1 N–H and O–H groups in total. The molecule has 0 bridgehead atoms. The number of hydrogen-bond acceptors (Lipinski definition) is 3. The molecule has 0 radical (unpaired) electrons. The molecule has 0 saturated heterocycles. The lowest BCUT2D eigenvalue weighted by molar-refractivity contribution is 0.0937. The molecule has 0 aromatic heterocycles. The summed E-state index contributed by atoms with van der Waals surface area (Å²) in [6.07, 6.45) is 1.97. The predicted octanol–water partition coefficient (Wildman–Crippen LogP) is 3.91. The lowest BCUT2D eigenvalue weighted by atomic mass is 10.1. The predicted molar refractivity (Wildman–Crippen MR) is 87.1 cm³/mol. The van der Waals surface area contributed by atoms with Gasteiger partial charge in [0.05, 0.1) is 18.7 Å². The molecule has 0 saturated carbocycles. The van der Waals surface area contributed by atoms with Gasteiger partial charge in [-0.1, -0.05) is 24.3 Å². The Hall–Kier alpha value is -1.94. The van der Waals surface area contributed by atoms with Crippen LogP contribution in [-0.4, -0.2) is 19.3 Å². The third kappa shape index (κ3) is 3.79. The Balaban J connectivity index is 2.11. The van der Waals surface area contributed by atoms with Gasteiger partial charge in [0.25, 0.3) is 5.91 Å².